The summed E-state index contributed by atoms with van der Waals surface area (Å²) in [5.41, 5.74) is 7.95. The third-order valence-electron chi connectivity index (χ3n) is 9.36. The second kappa shape index (κ2) is 15.9. The Morgan fingerprint density at radius 1 is 0.731 bits per heavy atom. The van der Waals surface area contributed by atoms with Crippen LogP contribution in [0.5, 0.6) is 0 Å². The van der Waals surface area contributed by atoms with Crippen molar-refractivity contribution in [3.8, 4) is 16.5 Å². The van der Waals surface area contributed by atoms with E-state index in [0.717, 1.165) is 121 Å². The summed E-state index contributed by atoms with van der Waals surface area (Å²) in [6.45, 7) is 4.44. The Kier molecular flexibility index (Phi) is 10.7. The van der Waals surface area contributed by atoms with E-state index in [1.807, 2.05) is 24.3 Å². The lowest BCUT2D eigenvalue weighted by Gasteiger charge is -2.25. The fraction of sp³-hybridized carbons (Fsp3) is 0.227. The number of aromatic nitrogens is 2. The van der Waals surface area contributed by atoms with Gasteiger partial charge in [-0.05, 0) is 85.9 Å². The maximum Gasteiger partial charge on any atom is 0.346 e. The monoisotopic (exact) mass is 720 g/mol. The summed E-state index contributed by atoms with van der Waals surface area (Å²) >= 11 is 3.23. The topological polar surface area (TPSA) is 90.1 Å². The Labute approximate surface area is 312 Å². The van der Waals surface area contributed by atoms with Gasteiger partial charge in [0, 0.05) is 37.6 Å². The highest BCUT2D eigenvalue weighted by molar-refractivity contribution is 7.29. The van der Waals surface area contributed by atoms with Crippen LogP contribution in [-0.4, -0.2) is 21.0 Å². The van der Waals surface area contributed by atoms with Crippen molar-refractivity contribution in [1.29, 1.82) is 5.26 Å². The van der Waals surface area contributed by atoms with Crippen LogP contribution in [0.15, 0.2) is 103 Å². The first-order valence-electron chi connectivity index (χ1n) is 18.0. The molecule has 0 bridgehead atoms. The molecule has 0 radical (unpaired) electrons. The van der Waals surface area contributed by atoms with Gasteiger partial charge in [-0.15, -0.1) is 22.7 Å². The minimum absolute atomic E-state index is 0.288. The molecular weight excluding hydrogens is 681 g/mol. The number of anilines is 3. The predicted molar refractivity (Wildman–Crippen MR) is 218 cm³/mol. The van der Waals surface area contributed by atoms with Gasteiger partial charge < -0.3 is 10.0 Å². The first-order valence-corrected chi connectivity index (χ1v) is 19.7. The van der Waals surface area contributed by atoms with Gasteiger partial charge in [0.2, 0.25) is 0 Å². The largest absolute Gasteiger partial charge is 0.477 e. The molecule has 52 heavy (non-hydrogen) atoms. The summed E-state index contributed by atoms with van der Waals surface area (Å²) in [6, 6.07) is 35.6. The molecule has 6 nitrogen and oxygen atoms in total. The van der Waals surface area contributed by atoms with Crippen LogP contribution in [0, 0.1) is 11.3 Å². The third-order valence-corrected chi connectivity index (χ3v) is 11.8. The molecule has 4 aromatic carbocycles. The highest BCUT2D eigenvalue weighted by Crippen LogP contribution is 2.46. The molecule has 3 aromatic heterocycles. The number of thiophene rings is 2. The summed E-state index contributed by atoms with van der Waals surface area (Å²) in [4.78, 5) is 26.6. The van der Waals surface area contributed by atoms with Gasteiger partial charge in [0.15, 0.2) is 0 Å². The zero-order chi connectivity index (χ0) is 36.0. The number of carboxylic acids is 1. The standard InChI is InChI=1S/C44H40N4O2S2/c1-3-5-9-19-37-38(20-10-6-4-2)47-41-36-27-39(52-43(36)42-35(40(41)46-37)26-34(51-42)25-30(28-45)44(49)50)29-21-23-33(24-22-29)48(31-15-11-7-12-16-31)32-17-13-8-14-18-32/h7-8,11-18,21-27H,3-6,9-10,19-20H2,1-2H3,(H,49,50)/b30-25-. The number of carboxylic acid groups (broad SMARTS) is 1. The van der Waals surface area contributed by atoms with E-state index >= 15 is 0 Å². The number of benzene rings is 4. The fourth-order valence-corrected chi connectivity index (χ4v) is 9.16. The van der Waals surface area contributed by atoms with Gasteiger partial charge in [0.05, 0.1) is 31.8 Å². The highest BCUT2D eigenvalue weighted by Gasteiger charge is 2.21. The fourth-order valence-electron chi connectivity index (χ4n) is 6.73. The number of nitriles is 1. The number of para-hydroxylation sites is 2. The maximum absolute atomic E-state index is 11.8. The van der Waals surface area contributed by atoms with E-state index in [-0.39, 0.29) is 5.57 Å². The van der Waals surface area contributed by atoms with E-state index in [4.69, 9.17) is 9.97 Å². The van der Waals surface area contributed by atoms with Crippen molar-refractivity contribution in [2.45, 2.75) is 65.2 Å². The number of hydrogen-bond donors (Lipinski definition) is 1. The van der Waals surface area contributed by atoms with Gasteiger partial charge in [-0.3, -0.25) is 0 Å². The van der Waals surface area contributed by atoms with Crippen LogP contribution in [0.4, 0.5) is 17.1 Å². The number of carbonyl (C=O) groups is 1. The number of aliphatic carboxylic acids is 1. The van der Waals surface area contributed by atoms with Crippen molar-refractivity contribution in [3.63, 3.8) is 0 Å². The van der Waals surface area contributed by atoms with Gasteiger partial charge in [0.25, 0.3) is 0 Å². The average molecular weight is 721 g/mol. The van der Waals surface area contributed by atoms with Gasteiger partial charge >= 0.3 is 5.97 Å². The van der Waals surface area contributed by atoms with Crippen LogP contribution in [0.1, 0.15) is 68.6 Å². The molecule has 7 aromatic rings. The van der Waals surface area contributed by atoms with Crippen molar-refractivity contribution in [2.75, 3.05) is 4.90 Å². The van der Waals surface area contributed by atoms with Crippen molar-refractivity contribution < 1.29 is 9.90 Å². The molecule has 8 heteroatoms. The summed E-state index contributed by atoms with van der Waals surface area (Å²) in [5.74, 6) is -1.23. The molecule has 0 spiro atoms. The smallest absolute Gasteiger partial charge is 0.346 e. The summed E-state index contributed by atoms with van der Waals surface area (Å²) < 4.78 is 2.14. The quantitative estimate of drug-likeness (QED) is 0.0683. The van der Waals surface area contributed by atoms with Gasteiger partial charge in [0.1, 0.15) is 11.6 Å². The van der Waals surface area contributed by atoms with Crippen LogP contribution < -0.4 is 4.90 Å². The lowest BCUT2D eigenvalue weighted by Crippen LogP contribution is -2.09. The Bertz CT molecular complexity index is 2390. The van der Waals surface area contributed by atoms with Crippen LogP contribution >= 0.6 is 22.7 Å². The molecule has 0 aliphatic carbocycles. The van der Waals surface area contributed by atoms with Crippen LogP contribution in [0.3, 0.4) is 0 Å². The Balaban J connectivity index is 1.39. The first kappa shape index (κ1) is 35.1. The van der Waals surface area contributed by atoms with Crippen molar-refractivity contribution in [1.82, 2.24) is 9.97 Å². The molecule has 260 valence electrons. The number of nitrogens with zero attached hydrogens (tertiary/aromatic N) is 4. The molecule has 0 aliphatic rings. The summed E-state index contributed by atoms with van der Waals surface area (Å²) in [6.07, 6.45) is 9.97. The molecular formula is C44H40N4O2S2. The van der Waals surface area contributed by atoms with E-state index in [9.17, 15) is 15.2 Å². The number of hydrogen-bond acceptors (Lipinski definition) is 7. The van der Waals surface area contributed by atoms with Crippen LogP contribution in [-0.2, 0) is 17.6 Å². The maximum atomic E-state index is 11.8. The molecule has 3 heterocycles. The number of aryl methyl sites for hydroxylation is 2. The average Bonchev–Trinajstić information content (AvgIpc) is 3.81. The normalized spacial score (nSPS) is 11.8. The molecule has 0 atom stereocenters. The third kappa shape index (κ3) is 7.20. The van der Waals surface area contributed by atoms with E-state index in [1.54, 1.807) is 11.3 Å². The molecule has 0 fully saturated rings. The van der Waals surface area contributed by atoms with Gasteiger partial charge in [-0.1, -0.05) is 88.1 Å². The van der Waals surface area contributed by atoms with Crippen molar-refractivity contribution >= 4 is 83.0 Å². The van der Waals surface area contributed by atoms with Crippen molar-refractivity contribution in [2.24, 2.45) is 0 Å². The van der Waals surface area contributed by atoms with E-state index in [0.29, 0.717) is 4.88 Å². The Hall–Kier alpha value is -5.36. The van der Waals surface area contributed by atoms with Crippen LogP contribution in [0.25, 0.3) is 47.7 Å². The minimum Gasteiger partial charge on any atom is -0.477 e. The van der Waals surface area contributed by atoms with Crippen LogP contribution in [0.2, 0.25) is 0 Å². The molecule has 7 rings (SSSR count). The Morgan fingerprint density at radius 3 is 1.77 bits per heavy atom. The van der Waals surface area contributed by atoms with Gasteiger partial charge in [-0.2, -0.15) is 5.26 Å². The minimum atomic E-state index is -1.23. The molecule has 0 saturated heterocycles. The molecule has 0 aliphatic heterocycles. The predicted octanol–water partition coefficient (Wildman–Crippen LogP) is 12.7. The number of rotatable bonds is 14. The Morgan fingerprint density at radius 2 is 1.25 bits per heavy atom. The zero-order valence-corrected chi connectivity index (χ0v) is 31.1. The first-order chi connectivity index (χ1) is 25.5. The highest BCUT2D eigenvalue weighted by atomic mass is 32.1. The molecule has 0 amide bonds. The molecule has 1 N–H and O–H groups in total. The second-order valence-corrected chi connectivity index (χ2v) is 15.1. The number of unbranched alkanes of at least 4 members (excludes halogenated alkanes) is 4. The van der Waals surface area contributed by atoms with Gasteiger partial charge in [-0.25, -0.2) is 14.8 Å². The van der Waals surface area contributed by atoms with Crippen molar-refractivity contribution in [3.05, 3.63) is 119 Å². The molecule has 0 unspecified atom stereocenters. The molecule has 0 saturated carbocycles. The zero-order valence-electron chi connectivity index (χ0n) is 29.4. The lowest BCUT2D eigenvalue weighted by molar-refractivity contribution is -0.132. The number of fused-ring (bicyclic) bond motifs is 6. The summed E-state index contributed by atoms with van der Waals surface area (Å²) in [5, 5.41) is 21.2. The summed E-state index contributed by atoms with van der Waals surface area (Å²) in [7, 11) is 0. The van der Waals surface area contributed by atoms with E-state index in [2.05, 4.69) is 97.6 Å². The van der Waals surface area contributed by atoms with E-state index in [1.165, 1.54) is 17.4 Å². The lowest BCUT2D eigenvalue weighted by atomic mass is 10.0. The van der Waals surface area contributed by atoms with E-state index < -0.39 is 5.97 Å². The second-order valence-electron chi connectivity index (χ2n) is 13.0. The SMILES string of the molecule is CCCCCc1nc2c3cc(/C=C(/C#N)C(=O)O)sc3c3sc(-c4ccc(N(c5ccccc5)c5ccccc5)cc4)cc3c2nc1CCCCC.